The minimum atomic E-state index is -0.285. The Hall–Kier alpha value is -4.49. The van der Waals surface area contributed by atoms with Crippen molar-refractivity contribution in [2.45, 2.75) is 6.92 Å². The number of aromatic nitrogens is 1. The lowest BCUT2D eigenvalue weighted by atomic mass is 10.0. The molecule has 4 aromatic carbocycles. The van der Waals surface area contributed by atoms with Crippen molar-refractivity contribution >= 4 is 40.0 Å². The number of hydrogen-bond acceptors (Lipinski definition) is 5. The van der Waals surface area contributed by atoms with Crippen LogP contribution in [0, 0.1) is 0 Å². The summed E-state index contributed by atoms with van der Waals surface area (Å²) in [5.74, 6) is 1.03. The van der Waals surface area contributed by atoms with E-state index in [1.807, 2.05) is 91.9 Å². The van der Waals surface area contributed by atoms with Crippen LogP contribution >= 0.6 is 12.2 Å². The maximum absolute atomic E-state index is 12.7. The SMILES string of the molecule is CCOc1ccc(-c2nc3cc(NC(=S)NC(=O)c4ccc(-c5ccccc5)cc4)ccc3o2)cc1. The molecule has 0 aliphatic rings. The average molecular weight is 494 g/mol. The first kappa shape index (κ1) is 23.3. The van der Waals surface area contributed by atoms with Crippen molar-refractivity contribution in [1.29, 1.82) is 0 Å². The second-order valence-corrected chi connectivity index (χ2v) is 8.42. The highest BCUT2D eigenvalue weighted by molar-refractivity contribution is 7.80. The van der Waals surface area contributed by atoms with Gasteiger partial charge in [0.05, 0.1) is 6.61 Å². The molecule has 0 radical (unpaired) electrons. The molecule has 0 aliphatic carbocycles. The second-order valence-electron chi connectivity index (χ2n) is 8.01. The smallest absolute Gasteiger partial charge is 0.257 e. The van der Waals surface area contributed by atoms with Crippen LogP contribution in [0.3, 0.4) is 0 Å². The van der Waals surface area contributed by atoms with Crippen LogP contribution in [0.1, 0.15) is 17.3 Å². The fourth-order valence-electron chi connectivity index (χ4n) is 3.77. The van der Waals surface area contributed by atoms with Gasteiger partial charge >= 0.3 is 0 Å². The monoisotopic (exact) mass is 493 g/mol. The Balaban J connectivity index is 1.23. The molecule has 0 bridgehead atoms. The number of hydrogen-bond donors (Lipinski definition) is 2. The molecular weight excluding hydrogens is 470 g/mol. The molecule has 0 saturated carbocycles. The van der Waals surface area contributed by atoms with E-state index in [1.54, 1.807) is 12.1 Å². The van der Waals surface area contributed by atoms with Crippen LogP contribution in [0.2, 0.25) is 0 Å². The topological polar surface area (TPSA) is 76.4 Å². The quantitative estimate of drug-likeness (QED) is 0.257. The summed E-state index contributed by atoms with van der Waals surface area (Å²) in [4.78, 5) is 17.2. The van der Waals surface area contributed by atoms with Gasteiger partial charge in [-0.2, -0.15) is 0 Å². The molecule has 6 nitrogen and oxygen atoms in total. The van der Waals surface area contributed by atoms with Gasteiger partial charge in [-0.25, -0.2) is 4.98 Å². The van der Waals surface area contributed by atoms with Crippen LogP contribution < -0.4 is 15.4 Å². The van der Waals surface area contributed by atoms with Gasteiger partial charge in [-0.05, 0) is 84.9 Å². The van der Waals surface area contributed by atoms with E-state index in [2.05, 4.69) is 15.6 Å². The lowest BCUT2D eigenvalue weighted by Crippen LogP contribution is -2.34. The third kappa shape index (κ3) is 5.26. The Kier molecular flexibility index (Phi) is 6.73. The second kappa shape index (κ2) is 10.4. The standard InChI is InChI=1S/C29H23N3O3S/c1-2-34-24-15-12-22(13-16-24)28-31-25-18-23(14-17-26(25)35-28)30-29(36)32-27(33)21-10-8-20(9-11-21)19-6-4-3-5-7-19/h3-18H,2H2,1H3,(H2,30,32,33,36). The summed E-state index contributed by atoms with van der Waals surface area (Å²) < 4.78 is 11.4. The molecule has 1 aromatic heterocycles. The molecule has 5 aromatic rings. The summed E-state index contributed by atoms with van der Waals surface area (Å²) in [7, 11) is 0. The zero-order valence-electron chi connectivity index (χ0n) is 19.5. The number of fused-ring (bicyclic) bond motifs is 1. The summed E-state index contributed by atoms with van der Waals surface area (Å²) in [6.45, 7) is 2.56. The molecule has 1 heterocycles. The summed E-state index contributed by atoms with van der Waals surface area (Å²) in [5.41, 5.74) is 5.52. The van der Waals surface area contributed by atoms with E-state index in [4.69, 9.17) is 21.4 Å². The maximum atomic E-state index is 12.7. The van der Waals surface area contributed by atoms with Crippen molar-refractivity contribution in [1.82, 2.24) is 10.3 Å². The number of oxazole rings is 1. The van der Waals surface area contributed by atoms with Crippen LogP contribution in [0.5, 0.6) is 5.75 Å². The van der Waals surface area contributed by atoms with Gasteiger partial charge in [-0.15, -0.1) is 0 Å². The number of thiocarbonyl (C=S) groups is 1. The zero-order valence-corrected chi connectivity index (χ0v) is 20.3. The van der Waals surface area contributed by atoms with Crippen LogP contribution in [0.4, 0.5) is 5.69 Å². The number of carbonyl (C=O) groups is 1. The largest absolute Gasteiger partial charge is 0.494 e. The van der Waals surface area contributed by atoms with Crippen molar-refractivity contribution in [2.24, 2.45) is 0 Å². The fraction of sp³-hybridized carbons (Fsp3) is 0.0690. The Morgan fingerprint density at radius 2 is 1.58 bits per heavy atom. The molecule has 1 amide bonds. The van der Waals surface area contributed by atoms with Gasteiger partial charge in [0.2, 0.25) is 5.89 Å². The molecule has 2 N–H and O–H groups in total. The lowest BCUT2D eigenvalue weighted by Gasteiger charge is -2.10. The number of amides is 1. The van der Waals surface area contributed by atoms with E-state index in [1.165, 1.54) is 0 Å². The fourth-order valence-corrected chi connectivity index (χ4v) is 3.98. The van der Waals surface area contributed by atoms with Gasteiger partial charge in [0.1, 0.15) is 11.3 Å². The number of nitrogens with one attached hydrogen (secondary N) is 2. The number of carbonyl (C=O) groups excluding carboxylic acids is 1. The molecule has 0 saturated heterocycles. The van der Waals surface area contributed by atoms with Crippen LogP contribution in [0.15, 0.2) is 101 Å². The van der Waals surface area contributed by atoms with Gasteiger partial charge in [0.25, 0.3) is 5.91 Å². The highest BCUT2D eigenvalue weighted by Gasteiger charge is 2.12. The molecule has 0 aliphatic heterocycles. The normalized spacial score (nSPS) is 10.7. The van der Waals surface area contributed by atoms with Crippen molar-refractivity contribution < 1.29 is 13.9 Å². The van der Waals surface area contributed by atoms with Gasteiger partial charge in [-0.1, -0.05) is 42.5 Å². The Morgan fingerprint density at radius 1 is 0.889 bits per heavy atom. The minimum absolute atomic E-state index is 0.196. The van der Waals surface area contributed by atoms with E-state index in [-0.39, 0.29) is 11.0 Å². The van der Waals surface area contributed by atoms with Crippen molar-refractivity contribution in [3.8, 4) is 28.3 Å². The summed E-state index contributed by atoms with van der Waals surface area (Å²) in [6.07, 6.45) is 0. The zero-order chi connectivity index (χ0) is 24.9. The maximum Gasteiger partial charge on any atom is 0.257 e. The predicted octanol–water partition coefficient (Wildman–Crippen LogP) is 6.69. The van der Waals surface area contributed by atoms with E-state index in [9.17, 15) is 4.79 Å². The van der Waals surface area contributed by atoms with Gasteiger partial charge in [0, 0.05) is 16.8 Å². The van der Waals surface area contributed by atoms with Gasteiger partial charge in [-0.3, -0.25) is 10.1 Å². The summed E-state index contributed by atoms with van der Waals surface area (Å²) >= 11 is 5.35. The van der Waals surface area contributed by atoms with E-state index >= 15 is 0 Å². The first-order valence-corrected chi connectivity index (χ1v) is 11.9. The summed E-state index contributed by atoms with van der Waals surface area (Å²) in [6, 6.07) is 30.4. The molecule has 0 atom stereocenters. The van der Waals surface area contributed by atoms with E-state index in [0.717, 1.165) is 22.4 Å². The Bertz CT molecular complexity index is 1510. The predicted molar refractivity (Wildman–Crippen MR) is 146 cm³/mol. The third-order valence-corrected chi connectivity index (χ3v) is 5.74. The van der Waals surface area contributed by atoms with Crippen molar-refractivity contribution in [2.75, 3.05) is 11.9 Å². The first-order valence-electron chi connectivity index (χ1n) is 11.5. The molecule has 0 unspecified atom stereocenters. The molecule has 0 spiro atoms. The molecule has 36 heavy (non-hydrogen) atoms. The lowest BCUT2D eigenvalue weighted by molar-refractivity contribution is 0.0977. The van der Waals surface area contributed by atoms with Crippen LogP contribution in [-0.4, -0.2) is 22.6 Å². The number of ether oxygens (including phenoxy) is 1. The molecule has 0 fully saturated rings. The van der Waals surface area contributed by atoms with Crippen LogP contribution in [-0.2, 0) is 0 Å². The Labute approximate surface area is 213 Å². The molecule has 7 heteroatoms. The molecule has 5 rings (SSSR count). The summed E-state index contributed by atoms with van der Waals surface area (Å²) in [5, 5.41) is 5.96. The van der Waals surface area contributed by atoms with E-state index < -0.39 is 0 Å². The van der Waals surface area contributed by atoms with E-state index in [0.29, 0.717) is 34.8 Å². The van der Waals surface area contributed by atoms with Gasteiger partial charge < -0.3 is 14.5 Å². The number of benzene rings is 4. The van der Waals surface area contributed by atoms with Gasteiger partial charge in [0.15, 0.2) is 10.7 Å². The molecule has 178 valence electrons. The number of rotatable bonds is 6. The molecular formula is C29H23N3O3S. The highest BCUT2D eigenvalue weighted by atomic mass is 32.1. The number of anilines is 1. The van der Waals surface area contributed by atoms with Crippen molar-refractivity contribution in [3.05, 3.63) is 103 Å². The average Bonchev–Trinajstić information content (AvgIpc) is 3.33. The van der Waals surface area contributed by atoms with Crippen LogP contribution in [0.25, 0.3) is 33.7 Å². The van der Waals surface area contributed by atoms with Crippen molar-refractivity contribution in [3.63, 3.8) is 0 Å². The first-order chi connectivity index (χ1) is 17.6. The minimum Gasteiger partial charge on any atom is -0.494 e. The third-order valence-electron chi connectivity index (χ3n) is 5.54. The number of nitrogens with zero attached hydrogens (tertiary/aromatic N) is 1. The Morgan fingerprint density at radius 3 is 2.31 bits per heavy atom. The highest BCUT2D eigenvalue weighted by Crippen LogP contribution is 2.27.